The van der Waals surface area contributed by atoms with Gasteiger partial charge in [-0.1, -0.05) is 96.1 Å². The van der Waals surface area contributed by atoms with E-state index in [-0.39, 0.29) is 22.4 Å². The molecule has 0 fully saturated rings. The Morgan fingerprint density at radius 3 is 1.63 bits per heavy atom. The van der Waals surface area contributed by atoms with Crippen LogP contribution in [-0.2, 0) is 26.8 Å². The molecule has 0 N–H and O–H groups in total. The molecule has 3 heteroatoms. The standard InChI is InChI=1S/C14H16.C12H16O.2C3H6O/c1-14(2,3)13-9-8-11-6-4-5-7-12(11)10-13;1-12(2,3)10-4-5-11-9(8-10)6-7-13-11;2*1-3(2)4/h4-10H,1-3H3;4-5,8H,6-7H2,1-3H3;2*1-2H3. The van der Waals surface area contributed by atoms with Gasteiger partial charge in [-0.3, -0.25) is 0 Å². The van der Waals surface area contributed by atoms with Crippen LogP contribution in [0.25, 0.3) is 10.8 Å². The second-order valence-corrected chi connectivity index (χ2v) is 11.3. The Kier molecular flexibility index (Phi) is 11.4. The van der Waals surface area contributed by atoms with Crippen LogP contribution in [0.2, 0.25) is 0 Å². The zero-order valence-electron chi connectivity index (χ0n) is 23.4. The Balaban J connectivity index is 0.000000270. The molecular formula is C32H44O3. The third-order valence-electron chi connectivity index (χ3n) is 5.17. The highest BCUT2D eigenvalue weighted by Crippen LogP contribution is 2.31. The van der Waals surface area contributed by atoms with Crippen molar-refractivity contribution in [3.05, 3.63) is 77.4 Å². The predicted octanol–water partition coefficient (Wildman–Crippen LogP) is 8.25. The zero-order chi connectivity index (χ0) is 26.8. The summed E-state index contributed by atoms with van der Waals surface area (Å²) in [6.07, 6.45) is 1.07. The molecule has 35 heavy (non-hydrogen) atoms. The highest BCUT2D eigenvalue weighted by atomic mass is 16.5. The summed E-state index contributed by atoms with van der Waals surface area (Å²) in [5, 5.41) is 2.65. The molecule has 0 spiro atoms. The molecule has 0 saturated carbocycles. The number of benzene rings is 3. The molecule has 3 aromatic carbocycles. The van der Waals surface area contributed by atoms with Crippen LogP contribution < -0.4 is 4.74 Å². The van der Waals surface area contributed by atoms with Crippen molar-refractivity contribution in [2.24, 2.45) is 0 Å². The lowest BCUT2D eigenvalue weighted by Crippen LogP contribution is -2.10. The minimum atomic E-state index is 0.167. The van der Waals surface area contributed by atoms with Crippen LogP contribution in [-0.4, -0.2) is 18.2 Å². The van der Waals surface area contributed by atoms with E-state index < -0.39 is 0 Å². The van der Waals surface area contributed by atoms with Gasteiger partial charge < -0.3 is 14.3 Å². The first kappa shape index (κ1) is 30.1. The van der Waals surface area contributed by atoms with Gasteiger partial charge in [-0.2, -0.15) is 0 Å². The van der Waals surface area contributed by atoms with Gasteiger partial charge in [-0.05, 0) is 72.1 Å². The van der Waals surface area contributed by atoms with Crippen LogP contribution in [0.1, 0.15) is 85.9 Å². The monoisotopic (exact) mass is 476 g/mol. The Morgan fingerprint density at radius 1 is 0.657 bits per heavy atom. The topological polar surface area (TPSA) is 43.4 Å². The van der Waals surface area contributed by atoms with Crippen LogP contribution >= 0.6 is 0 Å². The van der Waals surface area contributed by atoms with Crippen molar-refractivity contribution in [3.63, 3.8) is 0 Å². The van der Waals surface area contributed by atoms with Crippen molar-refractivity contribution in [1.82, 2.24) is 0 Å². The number of Topliss-reactive ketones (excluding diaryl/α,β-unsaturated/α-hetero) is 2. The largest absolute Gasteiger partial charge is 0.493 e. The third-order valence-corrected chi connectivity index (χ3v) is 5.17. The Hall–Kier alpha value is -2.94. The van der Waals surface area contributed by atoms with Gasteiger partial charge in [0.05, 0.1) is 6.61 Å². The molecule has 1 heterocycles. The summed E-state index contributed by atoms with van der Waals surface area (Å²) in [6.45, 7) is 20.4. The lowest BCUT2D eigenvalue weighted by molar-refractivity contribution is -0.115. The molecule has 190 valence electrons. The second kappa shape index (κ2) is 13.2. The van der Waals surface area contributed by atoms with Gasteiger partial charge in [0, 0.05) is 6.42 Å². The Morgan fingerprint density at radius 2 is 1.11 bits per heavy atom. The van der Waals surface area contributed by atoms with Gasteiger partial charge in [0.1, 0.15) is 17.3 Å². The molecule has 0 saturated heterocycles. The van der Waals surface area contributed by atoms with Crippen molar-refractivity contribution >= 4 is 22.3 Å². The van der Waals surface area contributed by atoms with Crippen LogP contribution in [0.15, 0.2) is 60.7 Å². The minimum Gasteiger partial charge on any atom is -0.493 e. The first-order valence-corrected chi connectivity index (χ1v) is 12.3. The number of ether oxygens (including phenoxy) is 1. The number of rotatable bonds is 0. The Labute approximate surface area is 212 Å². The van der Waals surface area contributed by atoms with Crippen LogP contribution in [0.4, 0.5) is 0 Å². The van der Waals surface area contributed by atoms with E-state index in [0.717, 1.165) is 18.8 Å². The molecule has 0 atom stereocenters. The molecule has 1 aliphatic heterocycles. The molecule has 1 aliphatic rings. The smallest absolute Gasteiger partial charge is 0.126 e. The molecule has 0 amide bonds. The van der Waals surface area contributed by atoms with Gasteiger partial charge in [0.15, 0.2) is 0 Å². The molecule has 0 bridgehead atoms. The summed E-state index contributed by atoms with van der Waals surface area (Å²) in [5.41, 5.74) is 4.65. The van der Waals surface area contributed by atoms with Crippen molar-refractivity contribution in [2.45, 2.75) is 86.5 Å². The normalized spacial score (nSPS) is 11.9. The summed E-state index contributed by atoms with van der Waals surface area (Å²) >= 11 is 0. The second-order valence-electron chi connectivity index (χ2n) is 11.3. The number of carbonyl (C=O) groups excluding carboxylic acids is 2. The van der Waals surface area contributed by atoms with Crippen LogP contribution in [0.3, 0.4) is 0 Å². The molecular weight excluding hydrogens is 432 g/mol. The Bertz CT molecular complexity index is 1090. The average molecular weight is 477 g/mol. The quantitative estimate of drug-likeness (QED) is 0.328. The molecule has 0 unspecified atom stereocenters. The average Bonchev–Trinajstić information content (AvgIpc) is 3.20. The maximum atomic E-state index is 9.44. The number of hydrogen-bond acceptors (Lipinski definition) is 3. The van der Waals surface area contributed by atoms with Gasteiger partial charge >= 0.3 is 0 Å². The molecule has 0 radical (unpaired) electrons. The van der Waals surface area contributed by atoms with Crippen molar-refractivity contribution in [2.75, 3.05) is 6.61 Å². The molecule has 0 aliphatic carbocycles. The van der Waals surface area contributed by atoms with Crippen molar-refractivity contribution in [3.8, 4) is 5.75 Å². The fourth-order valence-corrected chi connectivity index (χ4v) is 3.31. The number of hydrogen-bond donors (Lipinski definition) is 0. The summed E-state index contributed by atoms with van der Waals surface area (Å²) < 4.78 is 5.47. The number of fused-ring (bicyclic) bond motifs is 2. The first-order valence-electron chi connectivity index (χ1n) is 12.3. The SMILES string of the molecule is CC(C)(C)c1ccc2c(c1)CCO2.CC(C)(C)c1ccc2ccccc2c1.CC(C)=O.CC(C)=O. The van der Waals surface area contributed by atoms with E-state index in [0.29, 0.717) is 0 Å². The number of carbonyl (C=O) groups is 2. The summed E-state index contributed by atoms with van der Waals surface area (Å²) in [4.78, 5) is 18.9. The first-order chi connectivity index (χ1) is 16.1. The number of ketones is 2. The minimum absolute atomic E-state index is 0.167. The fraction of sp³-hybridized carbons (Fsp3) is 0.438. The van der Waals surface area contributed by atoms with Crippen LogP contribution in [0.5, 0.6) is 5.75 Å². The van der Waals surface area contributed by atoms with E-state index in [4.69, 9.17) is 4.74 Å². The van der Waals surface area contributed by atoms with E-state index in [1.807, 2.05) is 0 Å². The van der Waals surface area contributed by atoms with E-state index in [2.05, 4.69) is 102 Å². The third kappa shape index (κ3) is 11.4. The fourth-order valence-electron chi connectivity index (χ4n) is 3.31. The molecule has 3 nitrogen and oxygen atoms in total. The maximum Gasteiger partial charge on any atom is 0.126 e. The molecule has 4 rings (SSSR count). The van der Waals surface area contributed by atoms with Crippen molar-refractivity contribution < 1.29 is 14.3 Å². The highest BCUT2D eigenvalue weighted by Gasteiger charge is 2.18. The lowest BCUT2D eigenvalue weighted by Gasteiger charge is -2.19. The van der Waals surface area contributed by atoms with Crippen LogP contribution in [0, 0.1) is 0 Å². The summed E-state index contributed by atoms with van der Waals surface area (Å²) in [6, 6.07) is 21.8. The van der Waals surface area contributed by atoms with E-state index in [1.165, 1.54) is 55.2 Å². The molecule has 0 aromatic heterocycles. The summed E-state index contributed by atoms with van der Waals surface area (Å²) in [5.74, 6) is 1.41. The van der Waals surface area contributed by atoms with Gasteiger partial charge in [-0.15, -0.1) is 0 Å². The van der Waals surface area contributed by atoms with E-state index in [1.54, 1.807) is 0 Å². The van der Waals surface area contributed by atoms with E-state index in [9.17, 15) is 9.59 Å². The predicted molar refractivity (Wildman–Crippen MR) is 150 cm³/mol. The van der Waals surface area contributed by atoms with Crippen molar-refractivity contribution in [1.29, 1.82) is 0 Å². The lowest BCUT2D eigenvalue weighted by atomic mass is 9.86. The zero-order valence-corrected chi connectivity index (χ0v) is 23.4. The summed E-state index contributed by atoms with van der Waals surface area (Å²) in [7, 11) is 0. The molecule has 3 aromatic rings. The van der Waals surface area contributed by atoms with E-state index >= 15 is 0 Å². The van der Waals surface area contributed by atoms with Gasteiger partial charge in [-0.25, -0.2) is 0 Å². The highest BCUT2D eigenvalue weighted by molar-refractivity contribution is 5.83. The van der Waals surface area contributed by atoms with Gasteiger partial charge in [0.25, 0.3) is 0 Å². The maximum absolute atomic E-state index is 9.44. The van der Waals surface area contributed by atoms with Gasteiger partial charge in [0.2, 0.25) is 0 Å².